The Hall–Kier alpha value is -3.08. The Kier molecular flexibility index (Phi) is 5.62. The second kappa shape index (κ2) is 8.34. The number of esters is 1. The largest absolute Gasteiger partial charge is 0.467 e. The summed E-state index contributed by atoms with van der Waals surface area (Å²) in [7, 11) is 1.38. The Morgan fingerprint density at radius 2 is 1.83 bits per heavy atom. The summed E-state index contributed by atoms with van der Waals surface area (Å²) in [6, 6.07) is 15.8. The smallest absolute Gasteiger partial charge is 0.328 e. The second-order valence-corrected chi connectivity index (χ2v) is 8.05. The fourth-order valence-corrected chi connectivity index (χ4v) is 4.47. The number of likely N-dealkylation sites (tertiary alicyclic amines) is 1. The molecule has 1 fully saturated rings. The number of hydrogen-bond acceptors (Lipinski definition) is 3. The summed E-state index contributed by atoms with van der Waals surface area (Å²) in [5.74, 6) is -0.426. The number of fused-ring (bicyclic) bond motifs is 1. The van der Waals surface area contributed by atoms with Crippen molar-refractivity contribution in [1.29, 1.82) is 0 Å². The number of nitrogens with zero attached hydrogens (tertiary/aromatic N) is 2. The van der Waals surface area contributed by atoms with Gasteiger partial charge in [-0.3, -0.25) is 4.79 Å². The van der Waals surface area contributed by atoms with Crippen LogP contribution in [-0.4, -0.2) is 41.0 Å². The molecule has 0 radical (unpaired) electrons. The van der Waals surface area contributed by atoms with E-state index in [-0.39, 0.29) is 11.9 Å². The molecule has 1 saturated heterocycles. The molecule has 0 aliphatic carbocycles. The van der Waals surface area contributed by atoms with E-state index in [4.69, 9.17) is 4.74 Å². The molecule has 156 valence electrons. The van der Waals surface area contributed by atoms with Crippen LogP contribution in [0.4, 0.5) is 0 Å². The molecule has 1 amide bonds. The van der Waals surface area contributed by atoms with Crippen LogP contribution in [0, 0.1) is 13.8 Å². The van der Waals surface area contributed by atoms with Crippen LogP contribution < -0.4 is 0 Å². The van der Waals surface area contributed by atoms with Gasteiger partial charge in [-0.05, 0) is 62.4 Å². The second-order valence-electron chi connectivity index (χ2n) is 8.05. The lowest BCUT2D eigenvalue weighted by molar-refractivity contribution is -0.147. The van der Waals surface area contributed by atoms with Crippen LogP contribution in [-0.2, 0) is 16.1 Å². The topological polar surface area (TPSA) is 51.5 Å². The molecule has 0 bridgehead atoms. The van der Waals surface area contributed by atoms with Gasteiger partial charge in [0.25, 0.3) is 5.91 Å². The first-order chi connectivity index (χ1) is 14.5. The van der Waals surface area contributed by atoms with Gasteiger partial charge < -0.3 is 14.2 Å². The highest BCUT2D eigenvalue weighted by Gasteiger charge is 2.33. The van der Waals surface area contributed by atoms with Crippen molar-refractivity contribution in [2.24, 2.45) is 0 Å². The van der Waals surface area contributed by atoms with Gasteiger partial charge in [0.15, 0.2) is 0 Å². The molecule has 4 rings (SSSR count). The van der Waals surface area contributed by atoms with Crippen molar-refractivity contribution in [1.82, 2.24) is 9.47 Å². The van der Waals surface area contributed by atoms with Crippen molar-refractivity contribution < 1.29 is 14.3 Å². The van der Waals surface area contributed by atoms with Gasteiger partial charge in [0.2, 0.25) is 0 Å². The number of methoxy groups -OCH3 is 1. The van der Waals surface area contributed by atoms with E-state index in [1.54, 1.807) is 4.90 Å². The number of rotatable bonds is 4. The Labute approximate surface area is 177 Å². The van der Waals surface area contributed by atoms with Gasteiger partial charge in [-0.1, -0.05) is 30.3 Å². The van der Waals surface area contributed by atoms with Gasteiger partial charge in [-0.15, -0.1) is 0 Å². The number of aromatic nitrogens is 1. The highest BCUT2D eigenvalue weighted by Crippen LogP contribution is 2.29. The summed E-state index contributed by atoms with van der Waals surface area (Å²) in [6.07, 6.45) is 2.50. The van der Waals surface area contributed by atoms with Crippen LogP contribution in [0.2, 0.25) is 0 Å². The van der Waals surface area contributed by atoms with E-state index >= 15 is 0 Å². The van der Waals surface area contributed by atoms with E-state index in [0.717, 1.165) is 30.3 Å². The number of benzene rings is 2. The molecule has 0 spiro atoms. The van der Waals surface area contributed by atoms with Crippen LogP contribution in [0.3, 0.4) is 0 Å². The van der Waals surface area contributed by atoms with E-state index in [9.17, 15) is 9.59 Å². The zero-order valence-corrected chi connectivity index (χ0v) is 17.9. The lowest BCUT2D eigenvalue weighted by Gasteiger charge is -2.33. The van der Waals surface area contributed by atoms with Crippen molar-refractivity contribution in [3.05, 3.63) is 70.9 Å². The number of carbonyl (C=O) groups excluding carboxylic acids is 2. The van der Waals surface area contributed by atoms with Gasteiger partial charge in [0.1, 0.15) is 6.04 Å². The number of amides is 1. The lowest BCUT2D eigenvalue weighted by Crippen LogP contribution is -2.48. The highest BCUT2D eigenvalue weighted by atomic mass is 16.5. The van der Waals surface area contributed by atoms with E-state index in [1.807, 2.05) is 24.3 Å². The lowest BCUT2D eigenvalue weighted by atomic mass is 10.00. The summed E-state index contributed by atoms with van der Waals surface area (Å²) < 4.78 is 7.23. The molecule has 3 aromatic rings. The normalized spacial score (nSPS) is 16.6. The molecule has 5 heteroatoms. The molecular weight excluding hydrogens is 376 g/mol. The number of carbonyl (C=O) groups is 2. The van der Waals surface area contributed by atoms with Crippen LogP contribution in [0.5, 0.6) is 0 Å². The predicted molar refractivity (Wildman–Crippen MR) is 118 cm³/mol. The fraction of sp³-hybridized carbons (Fsp3) is 0.360. The minimum Gasteiger partial charge on any atom is -0.467 e. The summed E-state index contributed by atoms with van der Waals surface area (Å²) in [4.78, 5) is 27.1. The third-order valence-corrected chi connectivity index (χ3v) is 6.31. The van der Waals surface area contributed by atoms with E-state index in [1.165, 1.54) is 23.9 Å². The first-order valence-corrected chi connectivity index (χ1v) is 10.5. The highest BCUT2D eigenvalue weighted by molar-refractivity contribution is 6.01. The third kappa shape index (κ3) is 3.60. The van der Waals surface area contributed by atoms with E-state index < -0.39 is 6.04 Å². The average molecular weight is 405 g/mol. The van der Waals surface area contributed by atoms with Crippen molar-refractivity contribution >= 4 is 22.8 Å². The van der Waals surface area contributed by atoms with Gasteiger partial charge in [0.05, 0.1) is 7.11 Å². The van der Waals surface area contributed by atoms with Crippen LogP contribution in [0.1, 0.15) is 46.4 Å². The molecule has 1 unspecified atom stereocenters. The molecular formula is C25H28N2O3. The van der Waals surface area contributed by atoms with Gasteiger partial charge in [-0.25, -0.2) is 4.79 Å². The maximum Gasteiger partial charge on any atom is 0.328 e. The van der Waals surface area contributed by atoms with Gasteiger partial charge in [0, 0.05) is 35.2 Å². The first-order valence-electron chi connectivity index (χ1n) is 10.5. The van der Waals surface area contributed by atoms with Crippen molar-refractivity contribution in [3.63, 3.8) is 0 Å². The standard InChI is InChI=1S/C25H28N2O3/c1-17-18(2)27(16-19-9-5-4-6-10-19)22-13-12-20(15-21(17)22)24(28)26-14-8-7-11-23(26)25(29)30-3/h4-6,9-10,12-13,15,23H,7-8,11,14,16H2,1-3H3. The van der Waals surface area contributed by atoms with E-state index in [2.05, 4.69) is 42.7 Å². The maximum atomic E-state index is 13.3. The number of ether oxygens (including phenoxy) is 1. The Balaban J connectivity index is 1.69. The quantitative estimate of drug-likeness (QED) is 0.603. The van der Waals surface area contributed by atoms with Crippen LogP contribution in [0.25, 0.3) is 10.9 Å². The molecule has 0 saturated carbocycles. The Morgan fingerprint density at radius 3 is 2.57 bits per heavy atom. The molecule has 1 aliphatic heterocycles. The molecule has 2 heterocycles. The molecule has 1 aliphatic rings. The summed E-state index contributed by atoms with van der Waals surface area (Å²) in [5.41, 5.74) is 5.36. The number of piperidine rings is 1. The monoisotopic (exact) mass is 404 g/mol. The Bertz CT molecular complexity index is 1080. The average Bonchev–Trinajstić information content (AvgIpc) is 3.03. The first kappa shape index (κ1) is 20.2. The fourth-order valence-electron chi connectivity index (χ4n) is 4.47. The molecule has 5 nitrogen and oxygen atoms in total. The van der Waals surface area contributed by atoms with Gasteiger partial charge in [-0.2, -0.15) is 0 Å². The summed E-state index contributed by atoms with van der Waals surface area (Å²) in [5, 5.41) is 1.08. The zero-order chi connectivity index (χ0) is 21.3. The molecule has 30 heavy (non-hydrogen) atoms. The third-order valence-electron chi connectivity index (χ3n) is 6.31. The minimum atomic E-state index is -0.488. The van der Waals surface area contributed by atoms with Crippen LogP contribution >= 0.6 is 0 Å². The van der Waals surface area contributed by atoms with Crippen molar-refractivity contribution in [2.75, 3.05) is 13.7 Å². The minimum absolute atomic E-state index is 0.0973. The molecule has 2 aromatic carbocycles. The Morgan fingerprint density at radius 1 is 1.07 bits per heavy atom. The van der Waals surface area contributed by atoms with Crippen molar-refractivity contribution in [2.45, 2.75) is 45.7 Å². The van der Waals surface area contributed by atoms with Crippen molar-refractivity contribution in [3.8, 4) is 0 Å². The maximum absolute atomic E-state index is 13.3. The number of hydrogen-bond donors (Lipinski definition) is 0. The number of aryl methyl sites for hydroxylation is 1. The molecule has 1 aromatic heterocycles. The zero-order valence-electron chi connectivity index (χ0n) is 17.9. The summed E-state index contributed by atoms with van der Waals surface area (Å²) in [6.45, 7) is 5.60. The molecule has 0 N–H and O–H groups in total. The van der Waals surface area contributed by atoms with E-state index in [0.29, 0.717) is 18.5 Å². The van der Waals surface area contributed by atoms with Gasteiger partial charge >= 0.3 is 5.97 Å². The predicted octanol–water partition coefficient (Wildman–Crippen LogP) is 4.47. The SMILES string of the molecule is COC(=O)C1CCCCN1C(=O)c1ccc2c(c1)c(C)c(C)n2Cc1ccccc1. The molecule has 1 atom stereocenters. The van der Waals surface area contributed by atoms with Crippen LogP contribution in [0.15, 0.2) is 48.5 Å². The summed E-state index contributed by atoms with van der Waals surface area (Å²) >= 11 is 0.